The van der Waals surface area contributed by atoms with E-state index in [0.29, 0.717) is 13.1 Å². The maximum Gasteiger partial charge on any atom is 0.410 e. The number of rotatable bonds is 1. The molecular formula is C15H23N3O2. The van der Waals surface area contributed by atoms with E-state index in [4.69, 9.17) is 4.74 Å². The van der Waals surface area contributed by atoms with Crippen LogP contribution in [0, 0.1) is 6.92 Å². The Bertz CT molecular complexity index is 474. The molecule has 0 bridgehead atoms. The first-order valence-corrected chi connectivity index (χ1v) is 7.00. The van der Waals surface area contributed by atoms with Crippen LogP contribution in [0.1, 0.15) is 26.3 Å². The van der Waals surface area contributed by atoms with Gasteiger partial charge in [0.05, 0.1) is 11.9 Å². The molecule has 5 heteroatoms. The second-order valence-corrected chi connectivity index (χ2v) is 6.17. The van der Waals surface area contributed by atoms with Crippen molar-refractivity contribution in [3.8, 4) is 0 Å². The first-order valence-electron chi connectivity index (χ1n) is 7.00. The van der Waals surface area contributed by atoms with Crippen molar-refractivity contribution in [2.45, 2.75) is 33.3 Å². The maximum atomic E-state index is 12.0. The Kier molecular flexibility index (Phi) is 4.16. The summed E-state index contributed by atoms with van der Waals surface area (Å²) in [6.07, 6.45) is 3.50. The molecule has 1 aromatic heterocycles. The van der Waals surface area contributed by atoms with Gasteiger partial charge in [-0.15, -0.1) is 0 Å². The molecule has 0 spiro atoms. The van der Waals surface area contributed by atoms with Gasteiger partial charge in [0.2, 0.25) is 0 Å². The van der Waals surface area contributed by atoms with E-state index < -0.39 is 5.60 Å². The van der Waals surface area contributed by atoms with Crippen molar-refractivity contribution in [1.82, 2.24) is 9.88 Å². The lowest BCUT2D eigenvalue weighted by molar-refractivity contribution is 0.0240. The Morgan fingerprint density at radius 2 is 1.85 bits per heavy atom. The highest BCUT2D eigenvalue weighted by Crippen LogP contribution is 2.17. The molecule has 0 saturated carbocycles. The number of nitrogens with zero attached hydrogens (tertiary/aromatic N) is 3. The Hall–Kier alpha value is -1.78. The molecule has 110 valence electrons. The molecule has 1 saturated heterocycles. The summed E-state index contributed by atoms with van der Waals surface area (Å²) in [4.78, 5) is 20.2. The lowest BCUT2D eigenvalue weighted by Crippen LogP contribution is -2.50. The monoisotopic (exact) mass is 277 g/mol. The van der Waals surface area contributed by atoms with Crippen LogP contribution in [0.2, 0.25) is 0 Å². The van der Waals surface area contributed by atoms with E-state index in [1.54, 1.807) is 4.90 Å². The van der Waals surface area contributed by atoms with Crippen LogP contribution in [0.3, 0.4) is 0 Å². The summed E-state index contributed by atoms with van der Waals surface area (Å²) in [6, 6.07) is 2.12. The fraction of sp³-hybridized carbons (Fsp3) is 0.600. The van der Waals surface area contributed by atoms with Crippen molar-refractivity contribution in [1.29, 1.82) is 0 Å². The second-order valence-electron chi connectivity index (χ2n) is 6.17. The van der Waals surface area contributed by atoms with Gasteiger partial charge in [0.25, 0.3) is 0 Å². The summed E-state index contributed by atoms with van der Waals surface area (Å²) >= 11 is 0. The van der Waals surface area contributed by atoms with Gasteiger partial charge in [-0.05, 0) is 39.3 Å². The molecule has 0 aromatic carbocycles. The smallest absolute Gasteiger partial charge is 0.410 e. The number of carbonyl (C=O) groups excluding carboxylic acids is 1. The van der Waals surface area contributed by atoms with Crippen LogP contribution in [0.25, 0.3) is 0 Å². The SMILES string of the molecule is Cc1cncc(N2CCN(C(=O)OC(C)(C)C)CC2)c1. The van der Waals surface area contributed by atoms with Crippen LogP contribution < -0.4 is 4.90 Å². The van der Waals surface area contributed by atoms with Gasteiger partial charge in [-0.3, -0.25) is 4.98 Å². The molecule has 5 nitrogen and oxygen atoms in total. The third-order valence-corrected chi connectivity index (χ3v) is 3.16. The molecule has 0 aliphatic carbocycles. The van der Waals surface area contributed by atoms with E-state index in [2.05, 4.69) is 16.0 Å². The molecule has 0 radical (unpaired) electrons. The van der Waals surface area contributed by atoms with Crippen molar-refractivity contribution in [2.75, 3.05) is 31.1 Å². The number of pyridine rings is 1. The zero-order valence-corrected chi connectivity index (χ0v) is 12.7. The van der Waals surface area contributed by atoms with E-state index >= 15 is 0 Å². The van der Waals surface area contributed by atoms with Crippen LogP contribution in [-0.4, -0.2) is 47.8 Å². The minimum atomic E-state index is -0.436. The standard InChI is InChI=1S/C15H23N3O2/c1-12-9-13(11-16-10-12)17-5-7-18(8-6-17)14(19)20-15(2,3)4/h9-11H,5-8H2,1-4H3. The number of aryl methyl sites for hydroxylation is 1. The Balaban J connectivity index is 1.91. The molecule has 2 heterocycles. The molecule has 2 rings (SSSR count). The quantitative estimate of drug-likeness (QED) is 0.791. The van der Waals surface area contributed by atoms with E-state index in [0.717, 1.165) is 24.3 Å². The van der Waals surface area contributed by atoms with Crippen molar-refractivity contribution in [3.05, 3.63) is 24.0 Å². The number of anilines is 1. The summed E-state index contributed by atoms with van der Waals surface area (Å²) in [6.45, 7) is 10.7. The van der Waals surface area contributed by atoms with Gasteiger partial charge < -0.3 is 14.5 Å². The van der Waals surface area contributed by atoms with Crippen LogP contribution in [0.15, 0.2) is 18.5 Å². The molecule has 20 heavy (non-hydrogen) atoms. The highest BCUT2D eigenvalue weighted by Gasteiger charge is 2.25. The fourth-order valence-electron chi connectivity index (χ4n) is 2.19. The van der Waals surface area contributed by atoms with E-state index in [9.17, 15) is 4.79 Å². The molecule has 1 amide bonds. The molecule has 0 N–H and O–H groups in total. The largest absolute Gasteiger partial charge is 0.444 e. The zero-order valence-electron chi connectivity index (χ0n) is 12.7. The molecule has 1 aromatic rings. The highest BCUT2D eigenvalue weighted by atomic mass is 16.6. The molecule has 1 fully saturated rings. The number of carbonyl (C=O) groups is 1. The molecular weight excluding hydrogens is 254 g/mol. The third-order valence-electron chi connectivity index (χ3n) is 3.16. The summed E-state index contributed by atoms with van der Waals surface area (Å²) in [5.74, 6) is 0. The first-order chi connectivity index (χ1) is 9.35. The number of hydrogen-bond acceptors (Lipinski definition) is 4. The van der Waals surface area contributed by atoms with E-state index in [1.165, 1.54) is 0 Å². The molecule has 1 aliphatic rings. The normalized spacial score (nSPS) is 16.2. The highest BCUT2D eigenvalue weighted by molar-refractivity contribution is 5.68. The lowest BCUT2D eigenvalue weighted by atomic mass is 10.2. The van der Waals surface area contributed by atoms with Crippen molar-refractivity contribution >= 4 is 11.8 Å². The molecule has 0 atom stereocenters. The van der Waals surface area contributed by atoms with Crippen LogP contribution in [0.4, 0.5) is 10.5 Å². The summed E-state index contributed by atoms with van der Waals surface area (Å²) < 4.78 is 5.39. The molecule has 0 unspecified atom stereocenters. The number of aromatic nitrogens is 1. The van der Waals surface area contributed by atoms with Gasteiger partial charge in [0.1, 0.15) is 5.60 Å². The minimum Gasteiger partial charge on any atom is -0.444 e. The lowest BCUT2D eigenvalue weighted by Gasteiger charge is -2.36. The van der Waals surface area contributed by atoms with Crippen molar-refractivity contribution in [3.63, 3.8) is 0 Å². The van der Waals surface area contributed by atoms with Gasteiger partial charge in [-0.2, -0.15) is 0 Å². The Labute approximate surface area is 120 Å². The Morgan fingerprint density at radius 1 is 1.20 bits per heavy atom. The third kappa shape index (κ3) is 3.85. The van der Waals surface area contributed by atoms with E-state index in [1.807, 2.05) is 40.1 Å². The van der Waals surface area contributed by atoms with Gasteiger partial charge in [-0.1, -0.05) is 0 Å². The number of hydrogen-bond donors (Lipinski definition) is 0. The van der Waals surface area contributed by atoms with Crippen LogP contribution in [0.5, 0.6) is 0 Å². The second kappa shape index (κ2) is 5.69. The van der Waals surface area contributed by atoms with Crippen LogP contribution in [-0.2, 0) is 4.74 Å². The van der Waals surface area contributed by atoms with Gasteiger partial charge in [0.15, 0.2) is 0 Å². The van der Waals surface area contributed by atoms with Gasteiger partial charge in [-0.25, -0.2) is 4.79 Å². The maximum absolute atomic E-state index is 12.0. The first kappa shape index (κ1) is 14.6. The predicted octanol–water partition coefficient (Wildman–Crippen LogP) is 2.45. The van der Waals surface area contributed by atoms with Gasteiger partial charge in [0, 0.05) is 32.4 Å². The Morgan fingerprint density at radius 3 is 2.40 bits per heavy atom. The fourth-order valence-corrected chi connectivity index (χ4v) is 2.19. The summed E-state index contributed by atoms with van der Waals surface area (Å²) in [5.41, 5.74) is 1.83. The number of amides is 1. The summed E-state index contributed by atoms with van der Waals surface area (Å²) in [7, 11) is 0. The van der Waals surface area contributed by atoms with Crippen molar-refractivity contribution in [2.24, 2.45) is 0 Å². The van der Waals surface area contributed by atoms with Crippen molar-refractivity contribution < 1.29 is 9.53 Å². The zero-order chi connectivity index (χ0) is 14.8. The topological polar surface area (TPSA) is 45.7 Å². The average Bonchev–Trinajstić information content (AvgIpc) is 2.37. The van der Waals surface area contributed by atoms with E-state index in [-0.39, 0.29) is 6.09 Å². The number of ether oxygens (including phenoxy) is 1. The average molecular weight is 277 g/mol. The molecule has 1 aliphatic heterocycles. The predicted molar refractivity (Wildman–Crippen MR) is 79.0 cm³/mol. The summed E-state index contributed by atoms with van der Waals surface area (Å²) in [5, 5.41) is 0. The minimum absolute atomic E-state index is 0.223. The van der Waals surface area contributed by atoms with Gasteiger partial charge >= 0.3 is 6.09 Å². The van der Waals surface area contributed by atoms with Crippen LogP contribution >= 0.6 is 0 Å². The number of piperazine rings is 1.